The Morgan fingerprint density at radius 2 is 1.80 bits per heavy atom. The Hall–Kier alpha value is -2.53. The number of amides is 2. The van der Waals surface area contributed by atoms with Gasteiger partial charge in [-0.1, -0.05) is 36.4 Å². The van der Waals surface area contributed by atoms with Gasteiger partial charge in [-0.25, -0.2) is 0 Å². The number of benzene rings is 2. The summed E-state index contributed by atoms with van der Waals surface area (Å²) in [6.45, 7) is 3.99. The van der Waals surface area contributed by atoms with Crippen LogP contribution >= 0.6 is 11.8 Å². The monoisotopic (exact) mass is 352 g/mol. The highest BCUT2D eigenvalue weighted by atomic mass is 32.2. The van der Waals surface area contributed by atoms with Crippen molar-refractivity contribution in [2.45, 2.75) is 13.8 Å². The first kappa shape index (κ1) is 17.3. The van der Waals surface area contributed by atoms with E-state index in [2.05, 4.69) is 11.4 Å². The van der Waals surface area contributed by atoms with E-state index < -0.39 is 0 Å². The zero-order valence-electron chi connectivity index (χ0n) is 14.3. The summed E-state index contributed by atoms with van der Waals surface area (Å²) in [6.07, 6.45) is 0. The average Bonchev–Trinajstić information content (AvgIpc) is 2.56. The smallest absolute Gasteiger partial charge is 0.244 e. The van der Waals surface area contributed by atoms with Crippen LogP contribution in [0, 0.1) is 13.8 Å². The summed E-state index contributed by atoms with van der Waals surface area (Å²) in [4.78, 5) is 26.4. The lowest BCUT2D eigenvalue weighted by atomic mass is 10.1. The minimum absolute atomic E-state index is 0.00705. The molecule has 0 atom stereocenters. The van der Waals surface area contributed by atoms with Gasteiger partial charge in [0.25, 0.3) is 0 Å². The molecule has 4 nitrogen and oxygen atoms in total. The molecule has 0 saturated heterocycles. The van der Waals surface area contributed by atoms with E-state index in [1.807, 2.05) is 61.7 Å². The standard InChI is InChI=1S/C20H20N2O2S/c1-14-8-15(2)10-17(9-14)21-19(23)11-22-18(12-25-13-20(22)24)16-6-4-3-5-7-16/h3-10,12H,11,13H2,1-2H3,(H,21,23). The Labute approximate surface area is 151 Å². The van der Waals surface area contributed by atoms with Crippen LogP contribution in [-0.2, 0) is 9.59 Å². The third-order valence-corrected chi connectivity index (χ3v) is 4.67. The first-order valence-electron chi connectivity index (χ1n) is 8.08. The predicted octanol–water partition coefficient (Wildman–Crippen LogP) is 3.82. The van der Waals surface area contributed by atoms with E-state index in [1.165, 1.54) is 11.8 Å². The van der Waals surface area contributed by atoms with Crippen molar-refractivity contribution in [2.75, 3.05) is 17.6 Å². The molecule has 5 heteroatoms. The Morgan fingerprint density at radius 3 is 2.48 bits per heavy atom. The van der Waals surface area contributed by atoms with Crippen LogP contribution < -0.4 is 5.32 Å². The molecule has 2 aromatic rings. The lowest BCUT2D eigenvalue weighted by Gasteiger charge is -2.28. The van der Waals surface area contributed by atoms with Gasteiger partial charge in [0.2, 0.25) is 11.8 Å². The fourth-order valence-corrected chi connectivity index (χ4v) is 3.67. The number of aryl methyl sites for hydroxylation is 2. The van der Waals surface area contributed by atoms with Crippen molar-refractivity contribution in [3.63, 3.8) is 0 Å². The topological polar surface area (TPSA) is 49.4 Å². The molecule has 25 heavy (non-hydrogen) atoms. The number of anilines is 1. The van der Waals surface area contributed by atoms with Gasteiger partial charge in [0.1, 0.15) is 6.54 Å². The van der Waals surface area contributed by atoms with E-state index in [4.69, 9.17) is 0 Å². The number of carbonyl (C=O) groups is 2. The Kier molecular flexibility index (Phi) is 5.24. The second kappa shape index (κ2) is 7.57. The van der Waals surface area contributed by atoms with Crippen LogP contribution in [0.2, 0.25) is 0 Å². The van der Waals surface area contributed by atoms with Gasteiger partial charge in [-0.3, -0.25) is 9.59 Å². The summed E-state index contributed by atoms with van der Waals surface area (Å²) in [5.74, 6) is 0.0988. The lowest BCUT2D eigenvalue weighted by Crippen LogP contribution is -2.39. The zero-order valence-corrected chi connectivity index (χ0v) is 15.1. The van der Waals surface area contributed by atoms with E-state index in [0.717, 1.165) is 28.1 Å². The molecular formula is C20H20N2O2S. The molecule has 0 spiro atoms. The van der Waals surface area contributed by atoms with Crippen LogP contribution in [0.25, 0.3) is 5.70 Å². The molecule has 1 N–H and O–H groups in total. The SMILES string of the molecule is Cc1cc(C)cc(NC(=O)CN2C(=O)CSC=C2c2ccccc2)c1. The van der Waals surface area contributed by atoms with E-state index >= 15 is 0 Å². The van der Waals surface area contributed by atoms with E-state index in [0.29, 0.717) is 5.75 Å². The summed E-state index contributed by atoms with van der Waals surface area (Å²) >= 11 is 1.46. The molecular weight excluding hydrogens is 332 g/mol. The van der Waals surface area contributed by atoms with Gasteiger partial charge in [0, 0.05) is 5.69 Å². The van der Waals surface area contributed by atoms with Crippen molar-refractivity contribution in [1.29, 1.82) is 0 Å². The van der Waals surface area contributed by atoms with E-state index in [-0.39, 0.29) is 18.4 Å². The van der Waals surface area contributed by atoms with E-state index in [1.54, 1.807) is 4.90 Å². The third-order valence-electron chi connectivity index (χ3n) is 3.87. The van der Waals surface area contributed by atoms with Crippen LogP contribution in [0.5, 0.6) is 0 Å². The van der Waals surface area contributed by atoms with Crippen molar-refractivity contribution >= 4 is 35.0 Å². The Morgan fingerprint density at radius 1 is 1.12 bits per heavy atom. The number of carbonyl (C=O) groups excluding carboxylic acids is 2. The maximum absolute atomic E-state index is 12.5. The van der Waals surface area contributed by atoms with Gasteiger partial charge >= 0.3 is 0 Å². The van der Waals surface area contributed by atoms with Crippen molar-refractivity contribution in [3.8, 4) is 0 Å². The first-order valence-corrected chi connectivity index (χ1v) is 9.13. The van der Waals surface area contributed by atoms with Crippen molar-refractivity contribution < 1.29 is 9.59 Å². The molecule has 1 aliphatic heterocycles. The minimum atomic E-state index is -0.202. The minimum Gasteiger partial charge on any atom is -0.325 e. The fraction of sp³-hybridized carbons (Fsp3) is 0.200. The molecule has 128 valence electrons. The molecule has 0 saturated carbocycles. The number of hydrogen-bond donors (Lipinski definition) is 1. The highest BCUT2D eigenvalue weighted by molar-refractivity contribution is 8.03. The molecule has 2 aromatic carbocycles. The van der Waals surface area contributed by atoms with E-state index in [9.17, 15) is 9.59 Å². The van der Waals surface area contributed by atoms with Gasteiger partial charge in [0.05, 0.1) is 11.4 Å². The highest BCUT2D eigenvalue weighted by Crippen LogP contribution is 2.28. The molecule has 0 radical (unpaired) electrons. The fourth-order valence-electron chi connectivity index (χ4n) is 2.86. The van der Waals surface area contributed by atoms with Crippen molar-refractivity contribution in [2.24, 2.45) is 0 Å². The highest BCUT2D eigenvalue weighted by Gasteiger charge is 2.25. The zero-order chi connectivity index (χ0) is 17.8. The summed E-state index contributed by atoms with van der Waals surface area (Å²) in [5, 5.41) is 4.84. The summed E-state index contributed by atoms with van der Waals surface area (Å²) in [5.41, 5.74) is 4.64. The third kappa shape index (κ3) is 4.31. The number of nitrogens with one attached hydrogen (secondary N) is 1. The van der Waals surface area contributed by atoms with Crippen LogP contribution in [0.4, 0.5) is 5.69 Å². The normalized spacial score (nSPS) is 14.2. The molecule has 0 unspecified atom stereocenters. The molecule has 3 rings (SSSR count). The largest absolute Gasteiger partial charge is 0.325 e. The van der Waals surface area contributed by atoms with Gasteiger partial charge < -0.3 is 10.2 Å². The number of rotatable bonds is 4. The Bertz CT molecular complexity index is 811. The maximum atomic E-state index is 12.5. The number of nitrogens with zero attached hydrogens (tertiary/aromatic N) is 1. The number of hydrogen-bond acceptors (Lipinski definition) is 3. The van der Waals surface area contributed by atoms with Crippen LogP contribution in [0.15, 0.2) is 53.9 Å². The molecule has 1 aliphatic rings. The second-order valence-electron chi connectivity index (χ2n) is 6.08. The molecule has 0 fully saturated rings. The quantitative estimate of drug-likeness (QED) is 0.910. The van der Waals surface area contributed by atoms with Gasteiger partial charge in [-0.05, 0) is 48.1 Å². The second-order valence-corrected chi connectivity index (χ2v) is 6.94. The van der Waals surface area contributed by atoms with Gasteiger partial charge in [0.15, 0.2) is 0 Å². The molecule has 0 aromatic heterocycles. The molecule has 0 aliphatic carbocycles. The van der Waals surface area contributed by atoms with Gasteiger partial charge in [-0.15, -0.1) is 11.8 Å². The Balaban J connectivity index is 1.77. The molecule has 1 heterocycles. The van der Waals surface area contributed by atoms with Crippen LogP contribution in [-0.4, -0.2) is 29.0 Å². The summed E-state index contributed by atoms with van der Waals surface area (Å²) < 4.78 is 0. The lowest BCUT2D eigenvalue weighted by molar-refractivity contribution is -0.129. The van der Waals surface area contributed by atoms with Crippen LogP contribution in [0.3, 0.4) is 0 Å². The summed E-state index contributed by atoms with van der Waals surface area (Å²) in [7, 11) is 0. The molecule has 2 amide bonds. The maximum Gasteiger partial charge on any atom is 0.244 e. The molecule has 0 bridgehead atoms. The average molecular weight is 352 g/mol. The van der Waals surface area contributed by atoms with Crippen molar-refractivity contribution in [1.82, 2.24) is 4.90 Å². The van der Waals surface area contributed by atoms with Gasteiger partial charge in [-0.2, -0.15) is 0 Å². The van der Waals surface area contributed by atoms with Crippen molar-refractivity contribution in [3.05, 3.63) is 70.6 Å². The predicted molar refractivity (Wildman–Crippen MR) is 103 cm³/mol. The summed E-state index contributed by atoms with van der Waals surface area (Å²) in [6, 6.07) is 15.6. The number of thioether (sulfide) groups is 1. The first-order chi connectivity index (χ1) is 12.0. The van der Waals surface area contributed by atoms with Crippen LogP contribution in [0.1, 0.15) is 16.7 Å².